The van der Waals surface area contributed by atoms with Crippen molar-refractivity contribution in [1.82, 2.24) is 19.8 Å². The molecule has 0 saturated carbocycles. The normalized spacial score (nSPS) is 10.8. The van der Waals surface area contributed by atoms with E-state index in [0.29, 0.717) is 21.6 Å². The Morgan fingerprint density at radius 1 is 1.21 bits per heavy atom. The molecule has 3 rings (SSSR count). The highest BCUT2D eigenvalue weighted by Crippen LogP contribution is 2.24. The summed E-state index contributed by atoms with van der Waals surface area (Å²) in [6.45, 7) is 5.88. The first-order valence-electron chi connectivity index (χ1n) is 8.66. The number of carbonyl (C=O) groups excluding carboxylic acids is 1. The number of rotatable bonds is 4. The zero-order valence-electron chi connectivity index (χ0n) is 16.0. The van der Waals surface area contributed by atoms with Crippen LogP contribution in [0.25, 0.3) is 5.69 Å². The van der Waals surface area contributed by atoms with Crippen LogP contribution in [0.15, 0.2) is 41.2 Å². The van der Waals surface area contributed by atoms with Crippen molar-refractivity contribution in [2.75, 3.05) is 18.6 Å². The average molecular weight is 385 g/mol. The van der Waals surface area contributed by atoms with Gasteiger partial charge in [0.1, 0.15) is 11.4 Å². The first-order chi connectivity index (χ1) is 13.4. The molecule has 8 nitrogen and oxygen atoms in total. The predicted molar refractivity (Wildman–Crippen MR) is 102 cm³/mol. The van der Waals surface area contributed by atoms with Gasteiger partial charge in [0.2, 0.25) is 0 Å². The number of ether oxygens (including phenoxy) is 1. The van der Waals surface area contributed by atoms with Gasteiger partial charge in [0, 0.05) is 12.2 Å². The molecule has 3 aromatic rings. The molecule has 0 bridgehead atoms. The Labute approximate surface area is 160 Å². The Bertz CT molecular complexity index is 1090. The molecule has 1 heterocycles. The smallest absolute Gasteiger partial charge is 0.377 e. The van der Waals surface area contributed by atoms with E-state index in [4.69, 9.17) is 4.74 Å². The highest BCUT2D eigenvalue weighted by molar-refractivity contribution is 5.93. The molecule has 146 valence electrons. The number of amides is 1. The standard InChI is InChI=1S/C19H20FN5O3/c1-5-23(15-11-12(2)9-10-13(15)3)18(26)25-19(27)24(21-22-25)17-14(20)7-6-8-16(17)28-4/h6-11H,5H2,1-4H3. The lowest BCUT2D eigenvalue weighted by Crippen LogP contribution is -2.41. The fourth-order valence-corrected chi connectivity index (χ4v) is 2.91. The number of benzene rings is 2. The van der Waals surface area contributed by atoms with Crippen molar-refractivity contribution in [3.63, 3.8) is 0 Å². The number of tetrazole rings is 1. The lowest BCUT2D eigenvalue weighted by Gasteiger charge is -2.22. The third kappa shape index (κ3) is 3.26. The SMILES string of the molecule is CCN(C(=O)n1nnn(-c2c(F)cccc2OC)c1=O)c1cc(C)ccc1C. The van der Waals surface area contributed by atoms with E-state index in [1.165, 1.54) is 30.2 Å². The minimum atomic E-state index is -0.892. The van der Waals surface area contributed by atoms with Gasteiger partial charge in [-0.2, -0.15) is 4.68 Å². The van der Waals surface area contributed by atoms with E-state index in [9.17, 15) is 14.0 Å². The third-order valence-electron chi connectivity index (χ3n) is 4.35. The Morgan fingerprint density at radius 2 is 1.96 bits per heavy atom. The molecule has 1 amide bonds. The summed E-state index contributed by atoms with van der Waals surface area (Å²) in [5.41, 5.74) is 1.41. The fourth-order valence-electron chi connectivity index (χ4n) is 2.91. The van der Waals surface area contributed by atoms with Crippen molar-refractivity contribution in [1.29, 1.82) is 0 Å². The maximum absolute atomic E-state index is 14.3. The summed E-state index contributed by atoms with van der Waals surface area (Å²) in [5.74, 6) is -0.619. The van der Waals surface area contributed by atoms with Crippen LogP contribution in [0.5, 0.6) is 5.75 Å². The van der Waals surface area contributed by atoms with Gasteiger partial charge in [0.25, 0.3) is 0 Å². The first kappa shape index (κ1) is 19.3. The van der Waals surface area contributed by atoms with E-state index in [1.54, 1.807) is 6.92 Å². The zero-order valence-corrected chi connectivity index (χ0v) is 16.0. The molecular weight excluding hydrogens is 365 g/mol. The highest BCUT2D eigenvalue weighted by Gasteiger charge is 2.25. The minimum Gasteiger partial charge on any atom is -0.494 e. The molecule has 0 unspecified atom stereocenters. The predicted octanol–water partition coefficient (Wildman–Crippen LogP) is 2.69. The van der Waals surface area contributed by atoms with E-state index in [1.807, 2.05) is 32.0 Å². The number of aromatic nitrogens is 4. The van der Waals surface area contributed by atoms with Crippen molar-refractivity contribution in [2.45, 2.75) is 20.8 Å². The third-order valence-corrected chi connectivity index (χ3v) is 4.35. The van der Waals surface area contributed by atoms with Gasteiger partial charge >= 0.3 is 11.7 Å². The maximum Gasteiger partial charge on any atom is 0.377 e. The maximum atomic E-state index is 14.3. The number of para-hydroxylation sites is 1. The molecule has 0 N–H and O–H groups in total. The van der Waals surface area contributed by atoms with E-state index >= 15 is 0 Å². The number of nitrogens with zero attached hydrogens (tertiary/aromatic N) is 5. The van der Waals surface area contributed by atoms with Gasteiger partial charge in [0.05, 0.1) is 7.11 Å². The number of halogens is 1. The average Bonchev–Trinajstić information content (AvgIpc) is 3.05. The van der Waals surface area contributed by atoms with Crippen molar-refractivity contribution >= 4 is 11.7 Å². The highest BCUT2D eigenvalue weighted by atomic mass is 19.1. The second kappa shape index (κ2) is 7.63. The van der Waals surface area contributed by atoms with Crippen molar-refractivity contribution in [2.24, 2.45) is 0 Å². The number of hydrogen-bond acceptors (Lipinski definition) is 5. The molecular formula is C19H20FN5O3. The molecule has 28 heavy (non-hydrogen) atoms. The van der Waals surface area contributed by atoms with Gasteiger partial charge in [-0.25, -0.2) is 14.0 Å². The molecule has 2 aromatic carbocycles. The van der Waals surface area contributed by atoms with Crippen LogP contribution in [0, 0.1) is 19.7 Å². The van der Waals surface area contributed by atoms with E-state index in [0.717, 1.165) is 11.1 Å². The van der Waals surface area contributed by atoms with Gasteiger partial charge in [0.15, 0.2) is 5.82 Å². The molecule has 0 aliphatic rings. The quantitative estimate of drug-likeness (QED) is 0.645. The Hall–Kier alpha value is -3.49. The molecule has 0 atom stereocenters. The van der Waals surface area contributed by atoms with Crippen LogP contribution in [0.4, 0.5) is 14.9 Å². The number of methoxy groups -OCH3 is 1. The Balaban J connectivity index is 2.08. The van der Waals surface area contributed by atoms with Crippen LogP contribution >= 0.6 is 0 Å². The summed E-state index contributed by atoms with van der Waals surface area (Å²) in [7, 11) is 1.35. The number of aryl methyl sites for hydroxylation is 2. The molecule has 0 spiro atoms. The van der Waals surface area contributed by atoms with Crippen LogP contribution in [0.2, 0.25) is 0 Å². The molecule has 0 aliphatic heterocycles. The second-order valence-electron chi connectivity index (χ2n) is 6.19. The minimum absolute atomic E-state index is 0.100. The molecule has 0 radical (unpaired) electrons. The van der Waals surface area contributed by atoms with Crippen molar-refractivity contribution < 1.29 is 13.9 Å². The summed E-state index contributed by atoms with van der Waals surface area (Å²) in [6, 6.07) is 9.10. The second-order valence-corrected chi connectivity index (χ2v) is 6.19. The summed E-state index contributed by atoms with van der Waals surface area (Å²) >= 11 is 0. The van der Waals surface area contributed by atoms with Crippen LogP contribution < -0.4 is 15.3 Å². The summed E-state index contributed by atoms with van der Waals surface area (Å²) in [5, 5.41) is 7.34. The molecule has 0 aliphatic carbocycles. The van der Waals surface area contributed by atoms with Crippen LogP contribution in [0.1, 0.15) is 18.1 Å². The van der Waals surface area contributed by atoms with Crippen LogP contribution in [-0.4, -0.2) is 39.5 Å². The number of hydrogen-bond donors (Lipinski definition) is 0. The lowest BCUT2D eigenvalue weighted by atomic mass is 10.1. The largest absolute Gasteiger partial charge is 0.494 e. The van der Waals surface area contributed by atoms with Gasteiger partial charge in [-0.15, -0.1) is 4.68 Å². The van der Waals surface area contributed by atoms with Gasteiger partial charge in [-0.3, -0.25) is 4.90 Å². The summed E-state index contributed by atoms with van der Waals surface area (Å²) in [6.07, 6.45) is 0. The molecule has 0 fully saturated rings. The first-order valence-corrected chi connectivity index (χ1v) is 8.66. The van der Waals surface area contributed by atoms with Gasteiger partial charge < -0.3 is 4.74 Å². The van der Waals surface area contributed by atoms with Gasteiger partial charge in [-0.05, 0) is 60.5 Å². The van der Waals surface area contributed by atoms with E-state index in [-0.39, 0.29) is 11.4 Å². The topological polar surface area (TPSA) is 82.2 Å². The summed E-state index contributed by atoms with van der Waals surface area (Å²) in [4.78, 5) is 27.2. The fraction of sp³-hybridized carbons (Fsp3) is 0.263. The zero-order chi connectivity index (χ0) is 20.4. The van der Waals surface area contributed by atoms with Crippen LogP contribution in [-0.2, 0) is 0 Å². The molecule has 1 aromatic heterocycles. The molecule has 0 saturated heterocycles. The Morgan fingerprint density at radius 3 is 2.64 bits per heavy atom. The van der Waals surface area contributed by atoms with E-state index in [2.05, 4.69) is 10.4 Å². The monoisotopic (exact) mass is 385 g/mol. The Kier molecular flexibility index (Phi) is 5.25. The summed E-state index contributed by atoms with van der Waals surface area (Å²) < 4.78 is 20.7. The lowest BCUT2D eigenvalue weighted by molar-refractivity contribution is 0.244. The van der Waals surface area contributed by atoms with E-state index < -0.39 is 17.5 Å². The van der Waals surface area contributed by atoms with Crippen molar-refractivity contribution in [3.8, 4) is 11.4 Å². The number of anilines is 1. The van der Waals surface area contributed by atoms with Crippen LogP contribution in [0.3, 0.4) is 0 Å². The van der Waals surface area contributed by atoms with Gasteiger partial charge in [-0.1, -0.05) is 18.2 Å². The molecule has 9 heteroatoms. The van der Waals surface area contributed by atoms with Crippen molar-refractivity contribution in [3.05, 3.63) is 63.8 Å². The number of carbonyl (C=O) groups is 1.